The van der Waals surface area contributed by atoms with Crippen molar-refractivity contribution < 1.29 is 14.3 Å². The third kappa shape index (κ3) is 6.88. The summed E-state index contributed by atoms with van der Waals surface area (Å²) in [6.45, 7) is 6.78. The third-order valence-corrected chi connectivity index (χ3v) is 8.07. The minimum atomic E-state index is -0.160. The highest BCUT2D eigenvalue weighted by atomic mass is 16.5. The van der Waals surface area contributed by atoms with Gasteiger partial charge < -0.3 is 25.6 Å². The highest BCUT2D eigenvalue weighted by molar-refractivity contribution is 6.00. The minimum Gasteiger partial charge on any atom is -0.380 e. The zero-order valence-electron chi connectivity index (χ0n) is 25.9. The van der Waals surface area contributed by atoms with Crippen LogP contribution in [-0.2, 0) is 16.1 Å². The average Bonchev–Trinajstić information content (AvgIpc) is 3.48. The Balaban J connectivity index is 1.38. The lowest BCUT2D eigenvalue weighted by Crippen LogP contribution is -2.37. The van der Waals surface area contributed by atoms with Crippen LogP contribution in [0.4, 0.5) is 5.69 Å². The Labute approximate surface area is 258 Å². The van der Waals surface area contributed by atoms with Crippen LogP contribution in [0.5, 0.6) is 0 Å². The van der Waals surface area contributed by atoms with Crippen molar-refractivity contribution >= 4 is 17.5 Å². The molecule has 1 aliphatic heterocycles. The van der Waals surface area contributed by atoms with E-state index in [4.69, 9.17) is 4.74 Å². The molecule has 2 amide bonds. The average molecular weight is 596 g/mol. The fourth-order valence-electron chi connectivity index (χ4n) is 5.18. The summed E-state index contributed by atoms with van der Waals surface area (Å²) in [6.07, 6.45) is 1.27. The highest BCUT2D eigenvalue weighted by Gasteiger charge is 2.29. The zero-order chi connectivity index (χ0) is 31.1. The van der Waals surface area contributed by atoms with Crippen molar-refractivity contribution in [2.24, 2.45) is 0 Å². The van der Waals surface area contributed by atoms with Gasteiger partial charge in [-0.05, 0) is 70.3 Å². The lowest BCUT2D eigenvalue weighted by atomic mass is 9.95. The number of carbonyl (C=O) groups is 2. The molecule has 1 aliphatic rings. The first-order chi connectivity index (χ1) is 21.3. The molecule has 0 unspecified atom stereocenters. The molecule has 0 saturated heterocycles. The van der Waals surface area contributed by atoms with E-state index >= 15 is 0 Å². The van der Waals surface area contributed by atoms with E-state index in [2.05, 4.69) is 40.1 Å². The second-order valence-corrected chi connectivity index (χ2v) is 11.5. The van der Waals surface area contributed by atoms with E-state index < -0.39 is 0 Å². The van der Waals surface area contributed by atoms with Gasteiger partial charge in [-0.2, -0.15) is 0 Å². The van der Waals surface area contributed by atoms with Crippen molar-refractivity contribution in [3.05, 3.63) is 83.9 Å². The minimum absolute atomic E-state index is 0.0176. The number of amides is 2. The number of para-hydroxylation sites is 1. The first-order valence-electron chi connectivity index (χ1n) is 15.1. The van der Waals surface area contributed by atoms with Gasteiger partial charge in [0.2, 0.25) is 5.91 Å². The number of fused-ring (bicyclic) bond motifs is 5. The van der Waals surface area contributed by atoms with Gasteiger partial charge in [0.1, 0.15) is 11.4 Å². The Morgan fingerprint density at radius 3 is 2.39 bits per heavy atom. The van der Waals surface area contributed by atoms with Gasteiger partial charge in [-0.1, -0.05) is 47.7 Å². The monoisotopic (exact) mass is 595 g/mol. The van der Waals surface area contributed by atoms with Crippen LogP contribution in [0, 0.1) is 0 Å². The molecular weight excluding hydrogens is 554 g/mol. The number of aromatic nitrogens is 3. The quantitative estimate of drug-likeness (QED) is 0.211. The summed E-state index contributed by atoms with van der Waals surface area (Å²) in [6, 6.07) is 23.2. The molecule has 0 bridgehead atoms. The van der Waals surface area contributed by atoms with Crippen LogP contribution in [0.25, 0.3) is 28.2 Å². The summed E-state index contributed by atoms with van der Waals surface area (Å²) in [5.74, 6) is -0.123. The Kier molecular flexibility index (Phi) is 9.84. The largest absolute Gasteiger partial charge is 0.380 e. The molecule has 0 atom stereocenters. The van der Waals surface area contributed by atoms with E-state index in [-0.39, 0.29) is 17.4 Å². The van der Waals surface area contributed by atoms with E-state index in [1.165, 1.54) is 0 Å². The van der Waals surface area contributed by atoms with Gasteiger partial charge in [-0.25, -0.2) is 4.68 Å². The van der Waals surface area contributed by atoms with Gasteiger partial charge in [-0.3, -0.25) is 9.59 Å². The van der Waals surface area contributed by atoms with E-state index in [1.807, 2.05) is 84.3 Å². The van der Waals surface area contributed by atoms with Gasteiger partial charge in [0.05, 0.1) is 24.5 Å². The summed E-state index contributed by atoms with van der Waals surface area (Å²) in [5, 5.41) is 18.5. The molecule has 4 aromatic rings. The molecule has 10 heteroatoms. The number of hydrogen-bond donors (Lipinski definition) is 3. The molecule has 0 radical (unpaired) electrons. The Morgan fingerprint density at radius 2 is 1.64 bits per heavy atom. The van der Waals surface area contributed by atoms with Crippen LogP contribution in [0.1, 0.15) is 42.6 Å². The number of anilines is 1. The van der Waals surface area contributed by atoms with Gasteiger partial charge >= 0.3 is 0 Å². The van der Waals surface area contributed by atoms with Crippen molar-refractivity contribution in [2.75, 3.05) is 45.3 Å². The number of nitrogens with one attached hydrogen (secondary N) is 3. The van der Waals surface area contributed by atoms with Gasteiger partial charge in [0.25, 0.3) is 5.91 Å². The molecule has 230 valence electrons. The second-order valence-electron chi connectivity index (χ2n) is 11.5. The summed E-state index contributed by atoms with van der Waals surface area (Å²) >= 11 is 0. The maximum Gasteiger partial charge on any atom is 0.251 e. The predicted octanol–water partition coefficient (Wildman–Crippen LogP) is 4.19. The van der Waals surface area contributed by atoms with E-state index in [9.17, 15) is 9.59 Å². The molecule has 44 heavy (non-hydrogen) atoms. The third-order valence-electron chi connectivity index (χ3n) is 8.07. The Morgan fingerprint density at radius 1 is 0.909 bits per heavy atom. The van der Waals surface area contributed by atoms with Crippen LogP contribution in [0.15, 0.2) is 72.8 Å². The van der Waals surface area contributed by atoms with Crippen LogP contribution in [0.2, 0.25) is 0 Å². The number of nitrogens with zero attached hydrogens (tertiary/aromatic N) is 4. The van der Waals surface area contributed by atoms with E-state index in [0.717, 1.165) is 40.2 Å². The van der Waals surface area contributed by atoms with Crippen LogP contribution < -0.4 is 20.9 Å². The summed E-state index contributed by atoms with van der Waals surface area (Å²) in [5.41, 5.74) is 6.47. The molecule has 0 saturated carbocycles. The zero-order valence-corrected chi connectivity index (χ0v) is 25.9. The molecule has 0 aliphatic carbocycles. The SMILES string of the molecule is CNCCC(=O)N1Cc2ccccc2-c2c(nnn2-c2ccc(C(=O)NCCOCCC(C)(C)NC)cc2)-c2ccccc21. The molecule has 10 nitrogen and oxygen atoms in total. The lowest BCUT2D eigenvalue weighted by molar-refractivity contribution is -0.118. The maximum atomic E-state index is 13.4. The maximum absolute atomic E-state index is 13.4. The molecule has 2 heterocycles. The molecule has 5 rings (SSSR count). The normalized spacial score (nSPS) is 12.5. The van der Waals surface area contributed by atoms with Crippen molar-refractivity contribution in [1.29, 1.82) is 0 Å². The Hall–Kier alpha value is -4.38. The van der Waals surface area contributed by atoms with E-state index in [1.54, 1.807) is 12.1 Å². The standard InChI is InChI=1S/C34H41N7O3/c1-34(2,36-4)18-21-44-22-20-37-33(43)24-13-15-26(16-14-24)41-32-27-10-6-5-9-25(27)23-40(30(42)17-19-35-3)29-12-8-7-11-28(29)31(32)38-39-41/h5-16,35-36H,17-23H2,1-4H3,(H,37,43). The van der Waals surface area contributed by atoms with E-state index in [0.29, 0.717) is 50.5 Å². The lowest BCUT2D eigenvalue weighted by Gasteiger charge is -2.28. The molecule has 3 aromatic carbocycles. The molecular formula is C34H41N7O3. The molecule has 1 aromatic heterocycles. The number of ether oxygens (including phenoxy) is 1. The van der Waals surface area contributed by atoms with Crippen molar-refractivity contribution in [2.45, 2.75) is 38.8 Å². The number of rotatable bonds is 12. The Bertz CT molecular complexity index is 1600. The van der Waals surface area contributed by atoms with Crippen LogP contribution in [-0.4, -0.2) is 72.7 Å². The number of hydrogen-bond acceptors (Lipinski definition) is 7. The molecule has 0 fully saturated rings. The predicted molar refractivity (Wildman–Crippen MR) is 173 cm³/mol. The second kappa shape index (κ2) is 13.9. The fraction of sp³-hybridized carbons (Fsp3) is 0.353. The summed E-state index contributed by atoms with van der Waals surface area (Å²) in [7, 11) is 3.78. The van der Waals surface area contributed by atoms with Crippen molar-refractivity contribution in [1.82, 2.24) is 30.9 Å². The van der Waals surface area contributed by atoms with Gasteiger partial charge in [0.15, 0.2) is 0 Å². The smallest absolute Gasteiger partial charge is 0.251 e. The fourth-order valence-corrected chi connectivity index (χ4v) is 5.18. The number of carbonyl (C=O) groups excluding carboxylic acids is 2. The first-order valence-corrected chi connectivity index (χ1v) is 15.1. The summed E-state index contributed by atoms with van der Waals surface area (Å²) in [4.78, 5) is 28.0. The van der Waals surface area contributed by atoms with Crippen molar-refractivity contribution in [3.8, 4) is 28.2 Å². The molecule has 0 spiro atoms. The highest BCUT2D eigenvalue weighted by Crippen LogP contribution is 2.41. The first kappa shape index (κ1) is 31.1. The van der Waals surface area contributed by atoms with Crippen LogP contribution in [0.3, 0.4) is 0 Å². The van der Waals surface area contributed by atoms with Gasteiger partial charge in [0, 0.05) is 48.3 Å². The van der Waals surface area contributed by atoms with Crippen LogP contribution >= 0.6 is 0 Å². The van der Waals surface area contributed by atoms with Crippen molar-refractivity contribution in [3.63, 3.8) is 0 Å². The van der Waals surface area contributed by atoms with Gasteiger partial charge in [-0.15, -0.1) is 5.10 Å². The number of benzene rings is 3. The topological polar surface area (TPSA) is 113 Å². The summed E-state index contributed by atoms with van der Waals surface area (Å²) < 4.78 is 7.50. The molecule has 3 N–H and O–H groups in total.